The Hall–Kier alpha value is -1.46. The number of aliphatic hydroxyl groups is 2. The van der Waals surface area contributed by atoms with Crippen LogP contribution in [0.3, 0.4) is 0 Å². The molecule has 70 valence electrons. The average Bonchev–Trinajstić information content (AvgIpc) is 2.04. The van der Waals surface area contributed by atoms with Crippen LogP contribution in [-0.2, 0) is 0 Å². The first-order valence-corrected chi connectivity index (χ1v) is 3.76. The van der Waals surface area contributed by atoms with Gasteiger partial charge in [-0.05, 0) is 12.1 Å². The minimum Gasteiger partial charge on any atom is -0.347 e. The van der Waals surface area contributed by atoms with Gasteiger partial charge in [-0.25, -0.2) is 0 Å². The lowest BCUT2D eigenvalue weighted by Crippen LogP contribution is -2.18. The summed E-state index contributed by atoms with van der Waals surface area (Å²) in [6, 6.07) is 9.09. The maximum atomic E-state index is 8.75. The molecule has 0 heterocycles. The fraction of sp³-hybridized carbons (Fsp3) is 0.250. The van der Waals surface area contributed by atoms with Gasteiger partial charge in [0.1, 0.15) is 0 Å². The van der Waals surface area contributed by atoms with Gasteiger partial charge in [0.05, 0.1) is 5.69 Å². The maximum Gasteiger partial charge on any atom is 0.282 e. The second-order valence-corrected chi connectivity index (χ2v) is 2.65. The van der Waals surface area contributed by atoms with E-state index in [-0.39, 0.29) is 0 Å². The molecule has 0 aromatic heterocycles. The Morgan fingerprint density at radius 1 is 1.23 bits per heavy atom. The van der Waals surface area contributed by atoms with Gasteiger partial charge in [-0.15, -0.1) is 5.11 Å². The zero-order valence-electron chi connectivity index (χ0n) is 7.18. The first kappa shape index (κ1) is 9.63. The molecule has 0 aliphatic rings. The average molecular weight is 181 g/mol. The van der Waals surface area contributed by atoms with E-state index >= 15 is 0 Å². The quantitative estimate of drug-likeness (QED) is 0.371. The third-order valence-corrected chi connectivity index (χ3v) is 1.19. The summed E-state index contributed by atoms with van der Waals surface area (Å²) < 4.78 is 0. The summed E-state index contributed by atoms with van der Waals surface area (Å²) in [5.74, 6) is -2.12. The van der Waals surface area contributed by atoms with Crippen LogP contribution in [0.2, 0.25) is 0 Å². The first-order chi connectivity index (χ1) is 6.08. The first-order valence-electron chi connectivity index (χ1n) is 3.76. The topological polar surface area (TPSA) is 77.2 Å². The monoisotopic (exact) mass is 181 g/mol. The number of hydrogen-bond donors (Lipinski definition) is 3. The van der Waals surface area contributed by atoms with Gasteiger partial charge in [0.25, 0.3) is 5.91 Å². The Labute approximate surface area is 75.7 Å². The van der Waals surface area contributed by atoms with Crippen LogP contribution in [0, 0.1) is 0 Å². The van der Waals surface area contributed by atoms with Crippen molar-refractivity contribution in [3.05, 3.63) is 30.3 Å². The Morgan fingerprint density at radius 3 is 2.38 bits per heavy atom. The van der Waals surface area contributed by atoms with Crippen molar-refractivity contribution in [3.63, 3.8) is 0 Å². The van der Waals surface area contributed by atoms with Gasteiger partial charge in [-0.1, -0.05) is 23.4 Å². The molecule has 1 aromatic carbocycles. The second-order valence-electron chi connectivity index (χ2n) is 2.65. The SMILES string of the molecule is CC(O)(O)/N=N/Nc1ccccc1. The Bertz CT molecular complexity index is 279. The Kier molecular flexibility index (Phi) is 2.94. The van der Waals surface area contributed by atoms with E-state index in [4.69, 9.17) is 10.2 Å². The minimum absolute atomic E-state index is 0.732. The van der Waals surface area contributed by atoms with E-state index in [1.54, 1.807) is 12.1 Å². The van der Waals surface area contributed by atoms with Gasteiger partial charge in [0.15, 0.2) is 0 Å². The van der Waals surface area contributed by atoms with Crippen molar-refractivity contribution in [2.75, 3.05) is 5.43 Å². The van der Waals surface area contributed by atoms with Crippen LogP contribution in [0.4, 0.5) is 5.69 Å². The minimum atomic E-state index is -2.12. The molecule has 1 rings (SSSR count). The molecule has 0 unspecified atom stereocenters. The number of rotatable bonds is 3. The molecular formula is C8H11N3O2. The molecule has 0 saturated heterocycles. The van der Waals surface area contributed by atoms with Crippen molar-refractivity contribution >= 4 is 5.69 Å². The van der Waals surface area contributed by atoms with Crippen molar-refractivity contribution in [1.29, 1.82) is 0 Å². The fourth-order valence-electron chi connectivity index (χ4n) is 0.690. The van der Waals surface area contributed by atoms with Crippen LogP contribution >= 0.6 is 0 Å². The van der Waals surface area contributed by atoms with Crippen molar-refractivity contribution in [2.24, 2.45) is 10.3 Å². The number of anilines is 1. The summed E-state index contributed by atoms with van der Waals surface area (Å²) >= 11 is 0. The molecule has 0 spiro atoms. The highest BCUT2D eigenvalue weighted by Gasteiger charge is 2.11. The van der Waals surface area contributed by atoms with Crippen LogP contribution in [0.5, 0.6) is 0 Å². The zero-order valence-corrected chi connectivity index (χ0v) is 7.18. The van der Waals surface area contributed by atoms with E-state index in [1.807, 2.05) is 18.2 Å². The summed E-state index contributed by atoms with van der Waals surface area (Å²) in [6.45, 7) is 1.11. The zero-order chi connectivity index (χ0) is 9.73. The summed E-state index contributed by atoms with van der Waals surface area (Å²) in [5.41, 5.74) is 3.27. The van der Waals surface area contributed by atoms with Gasteiger partial charge >= 0.3 is 0 Å². The molecule has 0 fully saturated rings. The second kappa shape index (κ2) is 3.97. The molecule has 0 aliphatic heterocycles. The summed E-state index contributed by atoms with van der Waals surface area (Å²) in [7, 11) is 0. The number of nitrogens with zero attached hydrogens (tertiary/aromatic N) is 2. The van der Waals surface area contributed by atoms with Crippen molar-refractivity contribution in [1.82, 2.24) is 0 Å². The van der Waals surface area contributed by atoms with Crippen molar-refractivity contribution < 1.29 is 10.2 Å². The third-order valence-electron chi connectivity index (χ3n) is 1.19. The van der Waals surface area contributed by atoms with E-state index in [0.29, 0.717) is 0 Å². The highest BCUT2D eigenvalue weighted by atomic mass is 16.5. The standard InChI is InChI=1S/C8H11N3O2/c1-8(12,13)10-11-9-7-5-3-2-4-6-7/h2-6,12-13H,1H3,(H,9,10). The predicted molar refractivity (Wildman–Crippen MR) is 47.8 cm³/mol. The fourth-order valence-corrected chi connectivity index (χ4v) is 0.690. The molecule has 0 bridgehead atoms. The molecule has 5 heteroatoms. The van der Waals surface area contributed by atoms with E-state index in [1.165, 1.54) is 0 Å². The molecule has 0 amide bonds. The summed E-state index contributed by atoms with van der Waals surface area (Å²) in [5, 5.41) is 24.1. The number of nitrogens with one attached hydrogen (secondary N) is 1. The Morgan fingerprint density at radius 2 is 1.85 bits per heavy atom. The molecular weight excluding hydrogens is 170 g/mol. The van der Waals surface area contributed by atoms with Crippen LogP contribution in [0.15, 0.2) is 40.7 Å². The van der Waals surface area contributed by atoms with Gasteiger partial charge in [-0.3, -0.25) is 5.43 Å². The van der Waals surface area contributed by atoms with Gasteiger partial charge in [0.2, 0.25) is 0 Å². The molecule has 0 aliphatic carbocycles. The number of para-hydroxylation sites is 1. The highest BCUT2D eigenvalue weighted by molar-refractivity contribution is 5.41. The summed E-state index contributed by atoms with van der Waals surface area (Å²) in [6.07, 6.45) is 0. The van der Waals surface area contributed by atoms with E-state index in [9.17, 15) is 0 Å². The van der Waals surface area contributed by atoms with E-state index in [2.05, 4.69) is 15.8 Å². The molecule has 0 atom stereocenters. The molecule has 1 aromatic rings. The van der Waals surface area contributed by atoms with Crippen molar-refractivity contribution in [3.8, 4) is 0 Å². The maximum absolute atomic E-state index is 8.75. The smallest absolute Gasteiger partial charge is 0.282 e. The van der Waals surface area contributed by atoms with Crippen LogP contribution in [0.25, 0.3) is 0 Å². The van der Waals surface area contributed by atoms with Gasteiger partial charge in [0, 0.05) is 6.92 Å². The molecule has 0 radical (unpaired) electrons. The van der Waals surface area contributed by atoms with Gasteiger partial charge in [-0.2, -0.15) is 0 Å². The van der Waals surface area contributed by atoms with Crippen molar-refractivity contribution in [2.45, 2.75) is 12.8 Å². The Balaban J connectivity index is 2.49. The van der Waals surface area contributed by atoms with E-state index < -0.39 is 5.91 Å². The van der Waals surface area contributed by atoms with Crippen LogP contribution < -0.4 is 5.43 Å². The molecule has 3 N–H and O–H groups in total. The third kappa shape index (κ3) is 4.19. The lowest BCUT2D eigenvalue weighted by molar-refractivity contribution is -0.141. The summed E-state index contributed by atoms with van der Waals surface area (Å²) in [4.78, 5) is 0. The molecule has 13 heavy (non-hydrogen) atoms. The van der Waals surface area contributed by atoms with Gasteiger partial charge < -0.3 is 10.2 Å². The molecule has 0 saturated carbocycles. The van der Waals surface area contributed by atoms with E-state index in [0.717, 1.165) is 12.6 Å². The normalized spacial score (nSPS) is 11.9. The number of benzene rings is 1. The highest BCUT2D eigenvalue weighted by Crippen LogP contribution is 2.06. The largest absolute Gasteiger partial charge is 0.347 e. The van der Waals surface area contributed by atoms with Crippen LogP contribution in [0.1, 0.15) is 6.92 Å². The lowest BCUT2D eigenvalue weighted by atomic mass is 10.3. The van der Waals surface area contributed by atoms with Crippen LogP contribution in [-0.4, -0.2) is 16.1 Å². The lowest BCUT2D eigenvalue weighted by Gasteiger charge is -2.06. The number of hydrogen-bond acceptors (Lipinski definition) is 4. The predicted octanol–water partition coefficient (Wildman–Crippen LogP) is 1.12. The molecule has 5 nitrogen and oxygen atoms in total.